The van der Waals surface area contributed by atoms with Crippen LogP contribution in [0.4, 0.5) is 5.69 Å². The van der Waals surface area contributed by atoms with Crippen molar-refractivity contribution < 1.29 is 9.15 Å². The summed E-state index contributed by atoms with van der Waals surface area (Å²) < 4.78 is 18.6. The van der Waals surface area contributed by atoms with Crippen molar-refractivity contribution in [2.75, 3.05) is 0 Å². The highest BCUT2D eigenvalue weighted by Gasteiger charge is 2.26. The van der Waals surface area contributed by atoms with Crippen LogP contribution in [0.15, 0.2) is 162 Å². The normalized spacial score (nSPS) is 14.3. The van der Waals surface area contributed by atoms with E-state index in [0.717, 1.165) is 61.0 Å². The van der Waals surface area contributed by atoms with Gasteiger partial charge in [-0.05, 0) is 63.9 Å². The second kappa shape index (κ2) is 10.5. The van der Waals surface area contributed by atoms with Gasteiger partial charge in [-0.3, -0.25) is 0 Å². The number of thiophene rings is 1. The molecule has 0 saturated carbocycles. The number of ether oxygens (including phenoxy) is 1. The maximum absolute atomic E-state index is 7.02. The Morgan fingerprint density at radius 3 is 2.10 bits per heavy atom. The first-order chi connectivity index (χ1) is 25.8. The lowest BCUT2D eigenvalue weighted by molar-refractivity contribution is 0.274. The summed E-state index contributed by atoms with van der Waals surface area (Å²) >= 11 is 1.82. The molecule has 244 valence electrons. The molecule has 0 fully saturated rings. The van der Waals surface area contributed by atoms with E-state index in [9.17, 15) is 0 Å². The van der Waals surface area contributed by atoms with Crippen LogP contribution >= 0.6 is 11.3 Å². The molecule has 4 heterocycles. The van der Waals surface area contributed by atoms with E-state index in [1.54, 1.807) is 0 Å². The van der Waals surface area contributed by atoms with Gasteiger partial charge in [0.15, 0.2) is 5.58 Å². The molecule has 4 nitrogen and oxygen atoms in total. The van der Waals surface area contributed by atoms with Crippen LogP contribution in [0.5, 0.6) is 5.75 Å². The van der Waals surface area contributed by atoms with Gasteiger partial charge in [-0.2, -0.15) is 0 Å². The summed E-state index contributed by atoms with van der Waals surface area (Å²) in [6.07, 6.45) is -0.542. The van der Waals surface area contributed by atoms with Gasteiger partial charge in [0.1, 0.15) is 11.3 Å². The highest BCUT2D eigenvalue weighted by Crippen LogP contribution is 2.57. The average Bonchev–Trinajstić information content (AvgIpc) is 3.97. The van der Waals surface area contributed by atoms with Gasteiger partial charge in [0, 0.05) is 41.7 Å². The standard InChI is InChI=1S/C47H27N2O2S/c1-2-12-28-25-29(22-21-27(28)11-1)35-26-36-44(43-33-16-6-10-20-41(33)52-46(35)43)51-47(48-36)34-23-24-39(45-42(34)32-15-5-9-19-40(32)50-45)49-37-17-7-3-13-30(37)31-14-4-8-18-38(31)49/h1-26,47H/q-1. The van der Waals surface area contributed by atoms with Crippen LogP contribution in [0.3, 0.4) is 0 Å². The van der Waals surface area contributed by atoms with Crippen LogP contribution in [0.25, 0.3) is 96.8 Å². The quantitative estimate of drug-likeness (QED) is 0.186. The van der Waals surface area contributed by atoms with E-state index >= 15 is 0 Å². The molecule has 5 heteroatoms. The zero-order valence-corrected chi connectivity index (χ0v) is 28.5. The summed E-state index contributed by atoms with van der Waals surface area (Å²) in [4.78, 5) is 0. The highest BCUT2D eigenvalue weighted by atomic mass is 32.1. The molecular formula is C47H27N2O2S-. The van der Waals surface area contributed by atoms with Crippen molar-refractivity contribution in [3.63, 3.8) is 0 Å². The molecule has 1 atom stereocenters. The fourth-order valence-corrected chi connectivity index (χ4v) is 9.68. The summed E-state index contributed by atoms with van der Waals surface area (Å²) in [5.74, 6) is 0.842. The number of fused-ring (bicyclic) bond motifs is 12. The first kappa shape index (κ1) is 28.2. The number of para-hydroxylation sites is 3. The fourth-order valence-electron chi connectivity index (χ4n) is 8.44. The van der Waals surface area contributed by atoms with E-state index in [-0.39, 0.29) is 0 Å². The van der Waals surface area contributed by atoms with Gasteiger partial charge in [-0.1, -0.05) is 127 Å². The van der Waals surface area contributed by atoms with Crippen LogP contribution in [-0.2, 0) is 0 Å². The molecule has 0 radical (unpaired) electrons. The average molecular weight is 684 g/mol. The predicted octanol–water partition coefficient (Wildman–Crippen LogP) is 14.0. The van der Waals surface area contributed by atoms with E-state index in [0.29, 0.717) is 0 Å². The Balaban J connectivity index is 1.08. The Hall–Kier alpha value is -6.56. The molecule has 11 aromatic rings. The SMILES string of the molecule is c1ccc2cc(-c3cc4c(c5c3sc3ccccc35)OC(c3ccc(-n5c6ccccc6c6ccccc65)c5oc6ccccc6c35)[N-]4)ccc2c1. The predicted molar refractivity (Wildman–Crippen MR) is 217 cm³/mol. The van der Waals surface area contributed by atoms with E-state index < -0.39 is 6.23 Å². The third-order valence-corrected chi connectivity index (χ3v) is 12.0. The Morgan fingerprint density at radius 1 is 0.577 bits per heavy atom. The first-order valence-electron chi connectivity index (χ1n) is 17.6. The monoisotopic (exact) mass is 683 g/mol. The molecule has 0 amide bonds. The molecule has 1 aliphatic heterocycles. The molecule has 1 unspecified atom stereocenters. The second-order valence-electron chi connectivity index (χ2n) is 13.6. The molecule has 0 saturated heterocycles. The van der Waals surface area contributed by atoms with Gasteiger partial charge in [-0.15, -0.1) is 11.3 Å². The minimum Gasteiger partial charge on any atom is -0.643 e. The van der Waals surface area contributed by atoms with E-state index in [1.807, 2.05) is 23.5 Å². The highest BCUT2D eigenvalue weighted by molar-refractivity contribution is 7.26. The van der Waals surface area contributed by atoms with E-state index in [4.69, 9.17) is 14.5 Å². The maximum Gasteiger partial charge on any atom is 0.159 e. The Labute approximate surface area is 301 Å². The second-order valence-corrected chi connectivity index (χ2v) is 14.6. The number of furan rings is 1. The van der Waals surface area contributed by atoms with Gasteiger partial charge in [-0.25, -0.2) is 0 Å². The fraction of sp³-hybridized carbons (Fsp3) is 0.0213. The molecule has 12 rings (SSSR count). The largest absolute Gasteiger partial charge is 0.643 e. The number of aromatic nitrogens is 1. The van der Waals surface area contributed by atoms with Crippen LogP contribution in [0.1, 0.15) is 11.8 Å². The van der Waals surface area contributed by atoms with Gasteiger partial charge in [0.2, 0.25) is 0 Å². The maximum atomic E-state index is 7.02. The van der Waals surface area contributed by atoms with E-state index in [1.165, 1.54) is 47.5 Å². The van der Waals surface area contributed by atoms with Gasteiger partial charge >= 0.3 is 0 Å². The van der Waals surface area contributed by atoms with Gasteiger partial charge in [0.05, 0.1) is 22.9 Å². The number of benzene rings is 8. The first-order valence-corrected chi connectivity index (χ1v) is 18.4. The summed E-state index contributed by atoms with van der Waals surface area (Å²) in [7, 11) is 0. The third-order valence-electron chi connectivity index (χ3n) is 10.8. The van der Waals surface area contributed by atoms with Crippen LogP contribution < -0.4 is 4.74 Å². The summed E-state index contributed by atoms with van der Waals surface area (Å²) in [6.45, 7) is 0. The number of rotatable bonds is 3. The lowest BCUT2D eigenvalue weighted by Crippen LogP contribution is -2.02. The third kappa shape index (κ3) is 3.86. The minimum atomic E-state index is -0.542. The lowest BCUT2D eigenvalue weighted by Gasteiger charge is -2.24. The molecule has 0 spiro atoms. The lowest BCUT2D eigenvalue weighted by atomic mass is 9.98. The van der Waals surface area contributed by atoms with Crippen LogP contribution in [0.2, 0.25) is 0 Å². The number of hydrogen-bond acceptors (Lipinski definition) is 3. The molecular weight excluding hydrogens is 657 g/mol. The van der Waals surface area contributed by atoms with Crippen LogP contribution in [0, 0.1) is 0 Å². The smallest absolute Gasteiger partial charge is 0.159 e. The molecule has 0 aliphatic carbocycles. The van der Waals surface area contributed by atoms with Crippen molar-refractivity contribution in [1.82, 2.24) is 4.57 Å². The molecule has 1 aliphatic rings. The molecule has 3 aromatic heterocycles. The molecule has 0 bridgehead atoms. The minimum absolute atomic E-state index is 0.542. The zero-order valence-electron chi connectivity index (χ0n) is 27.7. The Morgan fingerprint density at radius 2 is 1.27 bits per heavy atom. The van der Waals surface area contributed by atoms with Crippen molar-refractivity contribution in [2.24, 2.45) is 0 Å². The zero-order chi connectivity index (χ0) is 33.9. The molecule has 52 heavy (non-hydrogen) atoms. The topological polar surface area (TPSA) is 41.4 Å². The Kier molecular flexibility index (Phi) is 5.68. The summed E-state index contributed by atoms with van der Waals surface area (Å²) in [6, 6.07) is 56.0. The molecule has 8 aromatic carbocycles. The van der Waals surface area contributed by atoms with Crippen molar-refractivity contribution in [2.45, 2.75) is 6.23 Å². The summed E-state index contributed by atoms with van der Waals surface area (Å²) in [5, 5.41) is 14.6. The Bertz CT molecular complexity index is 3220. The van der Waals surface area contributed by atoms with Crippen molar-refractivity contribution in [3.05, 3.63) is 169 Å². The van der Waals surface area contributed by atoms with Crippen LogP contribution in [-0.4, -0.2) is 4.57 Å². The number of hydrogen-bond donors (Lipinski definition) is 0. The van der Waals surface area contributed by atoms with E-state index in [2.05, 4.69) is 150 Å². The molecule has 0 N–H and O–H groups in total. The van der Waals surface area contributed by atoms with Crippen molar-refractivity contribution in [3.8, 4) is 22.6 Å². The van der Waals surface area contributed by atoms with Gasteiger partial charge < -0.3 is 19.0 Å². The van der Waals surface area contributed by atoms with Crippen molar-refractivity contribution >= 4 is 91.7 Å². The number of nitrogens with zero attached hydrogens (tertiary/aromatic N) is 2. The summed E-state index contributed by atoms with van der Waals surface area (Å²) in [5.41, 5.74) is 9.14. The van der Waals surface area contributed by atoms with Gasteiger partial charge in [0.25, 0.3) is 0 Å². The van der Waals surface area contributed by atoms with Crippen molar-refractivity contribution in [1.29, 1.82) is 0 Å².